The minimum Gasteiger partial charge on any atom is -0.457 e. The second-order valence-corrected chi connectivity index (χ2v) is 2.35. The second kappa shape index (κ2) is 5.50. The molecule has 0 saturated heterocycles. The van der Waals surface area contributed by atoms with E-state index in [-0.39, 0.29) is 0 Å². The molecule has 0 spiro atoms. The van der Waals surface area contributed by atoms with Gasteiger partial charge in [0, 0.05) is 0 Å². The zero-order valence-corrected chi connectivity index (χ0v) is 7.69. The van der Waals surface area contributed by atoms with Crippen molar-refractivity contribution in [2.24, 2.45) is 0 Å². The number of ether oxygens (including phenoxy) is 2. The van der Waals surface area contributed by atoms with Crippen LogP contribution < -0.4 is 9.47 Å². The van der Waals surface area contributed by atoms with Gasteiger partial charge in [0.05, 0.1) is 0 Å². The van der Waals surface area contributed by atoms with E-state index in [1.807, 2.05) is 0 Å². The molecule has 0 fully saturated rings. The fourth-order valence-corrected chi connectivity index (χ4v) is 0.816. The van der Waals surface area contributed by atoms with Crippen LogP contribution in [0.25, 0.3) is 0 Å². The predicted molar refractivity (Wildman–Crippen MR) is 55.1 cm³/mol. The first-order valence-corrected chi connectivity index (χ1v) is 3.99. The first-order chi connectivity index (χ1) is 6.86. The minimum absolute atomic E-state index is 0.705. The largest absolute Gasteiger partial charge is 0.457 e. The number of hydrogen-bond acceptors (Lipinski definition) is 2. The second-order valence-electron chi connectivity index (χ2n) is 2.35. The van der Waals surface area contributed by atoms with Gasteiger partial charge in [0.25, 0.3) is 0 Å². The molecular weight excluding hydrogens is 176 g/mol. The molecule has 2 nitrogen and oxygen atoms in total. The molecule has 0 aromatic heterocycles. The van der Waals surface area contributed by atoms with E-state index in [2.05, 4.69) is 24.6 Å². The molecule has 0 bridgehead atoms. The number of rotatable bonds is 4. The van der Waals surface area contributed by atoms with Crippen molar-refractivity contribution < 1.29 is 9.47 Å². The van der Waals surface area contributed by atoms with Gasteiger partial charge in [-0.05, 0) is 24.3 Å². The summed E-state index contributed by atoms with van der Waals surface area (Å²) in [7, 11) is 0. The van der Waals surface area contributed by atoms with E-state index < -0.39 is 0 Å². The molecule has 1 aromatic carbocycles. The van der Waals surface area contributed by atoms with Crippen LogP contribution >= 0.6 is 0 Å². The Balaban J connectivity index is 2.67. The lowest BCUT2D eigenvalue weighted by molar-refractivity contribution is 0.469. The summed E-state index contributed by atoms with van der Waals surface area (Å²) in [6, 6.07) is 7.11. The highest BCUT2D eigenvalue weighted by Gasteiger charge is 1.92. The summed E-state index contributed by atoms with van der Waals surface area (Å²) in [4.78, 5) is 0. The van der Waals surface area contributed by atoms with Crippen LogP contribution in [0.4, 0.5) is 0 Å². The summed E-state index contributed by atoms with van der Waals surface area (Å²) in [5.74, 6) is 1.41. The van der Waals surface area contributed by atoms with E-state index in [0.29, 0.717) is 11.5 Å². The van der Waals surface area contributed by atoms with Crippen LogP contribution in [0.1, 0.15) is 0 Å². The van der Waals surface area contributed by atoms with Crippen molar-refractivity contribution in [2.45, 2.75) is 0 Å². The summed E-state index contributed by atoms with van der Waals surface area (Å²) >= 11 is 0. The fourth-order valence-electron chi connectivity index (χ4n) is 0.816. The lowest BCUT2D eigenvalue weighted by atomic mass is 10.3. The van der Waals surface area contributed by atoms with Crippen molar-refractivity contribution in [1.82, 2.24) is 0 Å². The standard InChI is InChI=1S/C12H10O2/c1-3-9-13-11-5-7-12(8-6-11)14-10-4-2/h5-10H,1-2H2. The van der Waals surface area contributed by atoms with Gasteiger partial charge >= 0.3 is 0 Å². The first-order valence-electron chi connectivity index (χ1n) is 3.99. The molecule has 1 rings (SSSR count). The van der Waals surface area contributed by atoms with Gasteiger partial charge < -0.3 is 9.47 Å². The molecule has 0 unspecified atom stereocenters. The van der Waals surface area contributed by atoms with Crippen molar-refractivity contribution in [3.8, 4) is 11.5 Å². The zero-order valence-electron chi connectivity index (χ0n) is 7.69. The monoisotopic (exact) mass is 186 g/mol. The highest BCUT2D eigenvalue weighted by atomic mass is 16.5. The summed E-state index contributed by atoms with van der Waals surface area (Å²) < 4.78 is 10.2. The average molecular weight is 186 g/mol. The van der Waals surface area contributed by atoms with Crippen molar-refractivity contribution >= 4 is 0 Å². The summed E-state index contributed by atoms with van der Waals surface area (Å²) in [6.45, 7) is 6.77. The third-order valence-corrected chi connectivity index (χ3v) is 1.38. The van der Waals surface area contributed by atoms with E-state index in [9.17, 15) is 0 Å². The van der Waals surface area contributed by atoms with Gasteiger partial charge in [-0.3, -0.25) is 0 Å². The maximum atomic E-state index is 5.12. The normalized spacial score (nSPS) is 8.00. The smallest absolute Gasteiger partial charge is 0.133 e. The lowest BCUT2D eigenvalue weighted by Crippen LogP contribution is -1.82. The van der Waals surface area contributed by atoms with Gasteiger partial charge in [0.15, 0.2) is 0 Å². The van der Waals surface area contributed by atoms with E-state index in [4.69, 9.17) is 9.47 Å². The zero-order chi connectivity index (χ0) is 10.2. The Morgan fingerprint density at radius 3 is 1.50 bits per heavy atom. The third-order valence-electron chi connectivity index (χ3n) is 1.38. The molecule has 1 aromatic rings. The van der Waals surface area contributed by atoms with Crippen LogP contribution in [0.3, 0.4) is 0 Å². The SMILES string of the molecule is C=C=COc1ccc(OC=C=C)cc1. The predicted octanol–water partition coefficient (Wildman–Crippen LogP) is 3.04. The maximum Gasteiger partial charge on any atom is 0.133 e. The molecule has 0 aliphatic heterocycles. The van der Waals surface area contributed by atoms with Crippen LogP contribution in [0.5, 0.6) is 11.5 Å². The molecule has 0 radical (unpaired) electrons. The van der Waals surface area contributed by atoms with Crippen molar-refractivity contribution in [2.75, 3.05) is 0 Å². The molecule has 0 N–H and O–H groups in total. The Labute approximate surface area is 83.1 Å². The van der Waals surface area contributed by atoms with Gasteiger partial charge in [-0.1, -0.05) is 24.6 Å². The van der Waals surface area contributed by atoms with Crippen LogP contribution in [0, 0.1) is 0 Å². The molecule has 70 valence electrons. The molecule has 14 heavy (non-hydrogen) atoms. The molecule has 2 heteroatoms. The van der Waals surface area contributed by atoms with Crippen molar-refractivity contribution in [1.29, 1.82) is 0 Å². The van der Waals surface area contributed by atoms with Gasteiger partial charge in [0.2, 0.25) is 0 Å². The van der Waals surface area contributed by atoms with Crippen LogP contribution in [0.2, 0.25) is 0 Å². The van der Waals surface area contributed by atoms with Gasteiger partial charge in [-0.2, -0.15) is 0 Å². The molecule has 0 atom stereocenters. The molecule has 0 aliphatic rings. The van der Waals surface area contributed by atoms with Crippen molar-refractivity contribution in [3.63, 3.8) is 0 Å². The summed E-state index contributed by atoms with van der Waals surface area (Å²) in [6.07, 6.45) is 2.78. The van der Waals surface area contributed by atoms with Crippen LogP contribution in [-0.4, -0.2) is 0 Å². The quantitative estimate of drug-likeness (QED) is 0.531. The minimum atomic E-state index is 0.705. The molecule has 0 heterocycles. The number of hydrogen-bond donors (Lipinski definition) is 0. The Hall–Kier alpha value is -2.14. The summed E-state index contributed by atoms with van der Waals surface area (Å²) in [5, 5.41) is 0. The van der Waals surface area contributed by atoms with Crippen LogP contribution in [0.15, 0.2) is 61.4 Å². The first kappa shape index (κ1) is 9.94. The molecule has 0 saturated carbocycles. The number of benzene rings is 1. The van der Waals surface area contributed by atoms with E-state index >= 15 is 0 Å². The molecular formula is C12H10O2. The maximum absolute atomic E-state index is 5.12. The third kappa shape index (κ3) is 3.08. The van der Waals surface area contributed by atoms with Crippen LogP contribution in [-0.2, 0) is 0 Å². The highest BCUT2D eigenvalue weighted by Crippen LogP contribution is 2.17. The van der Waals surface area contributed by atoms with Gasteiger partial charge in [0.1, 0.15) is 24.0 Å². The van der Waals surface area contributed by atoms with Gasteiger partial charge in [-0.25, -0.2) is 0 Å². The lowest BCUT2D eigenvalue weighted by Gasteiger charge is -2.00. The Bertz CT molecular complexity index is 338. The molecule has 0 amide bonds. The van der Waals surface area contributed by atoms with E-state index in [1.54, 1.807) is 24.3 Å². The molecule has 0 aliphatic carbocycles. The highest BCUT2D eigenvalue weighted by molar-refractivity contribution is 5.32. The van der Waals surface area contributed by atoms with E-state index in [0.717, 1.165) is 0 Å². The summed E-state index contributed by atoms with van der Waals surface area (Å²) in [5.41, 5.74) is 5.02. The van der Waals surface area contributed by atoms with E-state index in [1.165, 1.54) is 12.5 Å². The van der Waals surface area contributed by atoms with Gasteiger partial charge in [-0.15, -0.1) is 0 Å². The Kier molecular flexibility index (Phi) is 3.90. The average Bonchev–Trinajstić information content (AvgIpc) is 2.25. The Morgan fingerprint density at radius 2 is 1.21 bits per heavy atom. The van der Waals surface area contributed by atoms with Crippen molar-refractivity contribution in [3.05, 3.63) is 61.4 Å². The topological polar surface area (TPSA) is 18.5 Å². The Morgan fingerprint density at radius 1 is 0.857 bits per heavy atom. The fraction of sp³-hybridized carbons (Fsp3) is 0.